The standard InChI is InChI=1S/C19H21N3O6S2/c1-25-14-8-13(9-15(26-2)17(14)27-3)22-30(23,24)16-7-12(10-29-16)18-20-19(28-21-18)11-5-4-6-11/h7-11,22H,4-6H2,1-3H3. The third-order valence-electron chi connectivity index (χ3n) is 4.91. The molecule has 9 nitrogen and oxygen atoms in total. The molecule has 1 N–H and O–H groups in total. The van der Waals surface area contributed by atoms with Crippen LogP contribution in [-0.2, 0) is 10.0 Å². The molecule has 0 unspecified atom stereocenters. The lowest BCUT2D eigenvalue weighted by Gasteiger charge is -2.20. The van der Waals surface area contributed by atoms with Gasteiger partial charge in [-0.1, -0.05) is 11.6 Å². The number of ether oxygens (including phenoxy) is 3. The van der Waals surface area contributed by atoms with Crippen molar-refractivity contribution in [3.63, 3.8) is 0 Å². The Hall–Kier alpha value is -2.79. The van der Waals surface area contributed by atoms with Gasteiger partial charge < -0.3 is 18.7 Å². The first-order valence-corrected chi connectivity index (χ1v) is 11.6. The number of nitrogens with zero attached hydrogens (tertiary/aromatic N) is 2. The van der Waals surface area contributed by atoms with Crippen LogP contribution in [-0.4, -0.2) is 39.9 Å². The molecule has 3 aromatic rings. The van der Waals surface area contributed by atoms with Crippen LogP contribution in [0.15, 0.2) is 32.3 Å². The van der Waals surface area contributed by atoms with Gasteiger partial charge in [0.25, 0.3) is 10.0 Å². The highest BCUT2D eigenvalue weighted by atomic mass is 32.2. The average Bonchev–Trinajstić information content (AvgIpc) is 3.35. The fourth-order valence-electron chi connectivity index (χ4n) is 3.09. The third-order valence-corrected chi connectivity index (χ3v) is 7.73. The molecule has 0 bridgehead atoms. The van der Waals surface area contributed by atoms with Gasteiger partial charge in [0.15, 0.2) is 11.5 Å². The van der Waals surface area contributed by atoms with Crippen LogP contribution < -0.4 is 18.9 Å². The van der Waals surface area contributed by atoms with E-state index in [0.29, 0.717) is 40.4 Å². The van der Waals surface area contributed by atoms with E-state index in [1.807, 2.05) is 0 Å². The number of anilines is 1. The maximum Gasteiger partial charge on any atom is 0.271 e. The van der Waals surface area contributed by atoms with Crippen molar-refractivity contribution in [2.75, 3.05) is 26.1 Å². The molecule has 1 fully saturated rings. The first-order chi connectivity index (χ1) is 14.4. The number of hydrogen-bond acceptors (Lipinski definition) is 9. The summed E-state index contributed by atoms with van der Waals surface area (Å²) in [5, 5.41) is 5.69. The van der Waals surface area contributed by atoms with Crippen LogP contribution in [0.25, 0.3) is 11.4 Å². The smallest absolute Gasteiger partial charge is 0.271 e. The van der Waals surface area contributed by atoms with Gasteiger partial charge in [0.2, 0.25) is 17.5 Å². The van der Waals surface area contributed by atoms with Gasteiger partial charge in [0, 0.05) is 29.0 Å². The Labute approximate surface area is 178 Å². The fourth-order valence-corrected chi connectivity index (χ4v) is 5.29. The molecule has 30 heavy (non-hydrogen) atoms. The van der Waals surface area contributed by atoms with Crippen molar-refractivity contribution in [3.8, 4) is 28.6 Å². The van der Waals surface area contributed by atoms with E-state index < -0.39 is 10.0 Å². The van der Waals surface area contributed by atoms with Gasteiger partial charge in [-0.2, -0.15) is 4.98 Å². The molecular weight excluding hydrogens is 430 g/mol. The van der Waals surface area contributed by atoms with Crippen molar-refractivity contribution in [2.24, 2.45) is 0 Å². The van der Waals surface area contributed by atoms with E-state index in [0.717, 1.165) is 30.6 Å². The van der Waals surface area contributed by atoms with E-state index in [1.54, 1.807) is 5.38 Å². The van der Waals surface area contributed by atoms with Crippen molar-refractivity contribution in [1.82, 2.24) is 10.1 Å². The predicted molar refractivity (Wildman–Crippen MR) is 111 cm³/mol. The first-order valence-electron chi connectivity index (χ1n) is 9.20. The monoisotopic (exact) mass is 451 g/mol. The molecule has 1 saturated carbocycles. The first kappa shape index (κ1) is 20.5. The zero-order valence-corrected chi connectivity index (χ0v) is 18.3. The molecule has 0 spiro atoms. The molecule has 2 heterocycles. The Morgan fingerprint density at radius 2 is 1.80 bits per heavy atom. The number of sulfonamides is 1. The van der Waals surface area contributed by atoms with Crippen LogP contribution in [0.5, 0.6) is 17.2 Å². The summed E-state index contributed by atoms with van der Waals surface area (Å²) in [7, 11) is 0.560. The second kappa shape index (κ2) is 8.15. The van der Waals surface area contributed by atoms with Gasteiger partial charge in [0.05, 0.1) is 27.0 Å². The van der Waals surface area contributed by atoms with E-state index in [4.69, 9.17) is 18.7 Å². The second-order valence-corrected chi connectivity index (χ2v) is 9.58. The Kier molecular flexibility index (Phi) is 5.56. The molecule has 0 amide bonds. The van der Waals surface area contributed by atoms with Crippen molar-refractivity contribution in [2.45, 2.75) is 29.4 Å². The second-order valence-electron chi connectivity index (χ2n) is 6.76. The SMILES string of the molecule is COc1cc(NS(=O)(=O)c2cc(-c3noc(C4CCC4)n3)cs2)cc(OC)c1OC. The van der Waals surface area contributed by atoms with Gasteiger partial charge in [0.1, 0.15) is 4.21 Å². The Balaban J connectivity index is 1.58. The highest BCUT2D eigenvalue weighted by molar-refractivity contribution is 7.94. The molecular formula is C19H21N3O6S2. The number of aromatic nitrogens is 2. The minimum atomic E-state index is -3.84. The summed E-state index contributed by atoms with van der Waals surface area (Å²) in [6.45, 7) is 0. The molecule has 1 aromatic carbocycles. The van der Waals surface area contributed by atoms with Crippen molar-refractivity contribution >= 4 is 27.0 Å². The topological polar surface area (TPSA) is 113 Å². The summed E-state index contributed by atoms with van der Waals surface area (Å²) in [5.41, 5.74) is 0.880. The lowest BCUT2D eigenvalue weighted by Crippen LogP contribution is -2.12. The van der Waals surface area contributed by atoms with Crippen LogP contribution in [0.2, 0.25) is 0 Å². The summed E-state index contributed by atoms with van der Waals surface area (Å²) >= 11 is 1.08. The zero-order chi connectivity index (χ0) is 21.3. The zero-order valence-electron chi connectivity index (χ0n) is 16.7. The van der Waals surface area contributed by atoms with Gasteiger partial charge >= 0.3 is 0 Å². The van der Waals surface area contributed by atoms with Gasteiger partial charge in [-0.25, -0.2) is 8.42 Å². The highest BCUT2D eigenvalue weighted by Crippen LogP contribution is 2.41. The van der Waals surface area contributed by atoms with Crippen molar-refractivity contribution < 1.29 is 27.2 Å². The summed E-state index contributed by atoms with van der Waals surface area (Å²) in [4.78, 5) is 4.41. The maximum atomic E-state index is 12.9. The maximum absolute atomic E-state index is 12.9. The lowest BCUT2D eigenvalue weighted by atomic mass is 9.85. The van der Waals surface area contributed by atoms with E-state index in [2.05, 4.69) is 14.9 Å². The quantitative estimate of drug-likeness (QED) is 0.549. The molecule has 2 aromatic heterocycles. The average molecular weight is 452 g/mol. The normalized spacial score (nSPS) is 14.2. The van der Waals surface area contributed by atoms with Crippen LogP contribution in [0, 0.1) is 0 Å². The summed E-state index contributed by atoms with van der Waals surface area (Å²) in [6, 6.07) is 4.58. The van der Waals surface area contributed by atoms with Gasteiger partial charge in [-0.15, -0.1) is 11.3 Å². The number of hydrogen-bond donors (Lipinski definition) is 1. The van der Waals surface area contributed by atoms with Crippen molar-refractivity contribution in [1.29, 1.82) is 0 Å². The number of thiophene rings is 1. The summed E-state index contributed by atoms with van der Waals surface area (Å²) in [6.07, 6.45) is 3.25. The molecule has 11 heteroatoms. The fraction of sp³-hybridized carbons (Fsp3) is 0.368. The van der Waals surface area contributed by atoms with Crippen molar-refractivity contribution in [3.05, 3.63) is 29.5 Å². The predicted octanol–water partition coefficient (Wildman–Crippen LogP) is 3.89. The molecule has 0 atom stereocenters. The molecule has 0 radical (unpaired) electrons. The lowest BCUT2D eigenvalue weighted by molar-refractivity contribution is 0.292. The molecule has 0 aliphatic heterocycles. The molecule has 4 rings (SSSR count). The van der Waals surface area contributed by atoms with Crippen LogP contribution in [0.1, 0.15) is 31.1 Å². The number of benzene rings is 1. The van der Waals surface area contributed by atoms with Crippen LogP contribution >= 0.6 is 11.3 Å². The minimum absolute atomic E-state index is 0.126. The number of nitrogens with one attached hydrogen (secondary N) is 1. The largest absolute Gasteiger partial charge is 0.493 e. The number of methoxy groups -OCH3 is 3. The van der Waals surface area contributed by atoms with E-state index in [1.165, 1.54) is 39.5 Å². The van der Waals surface area contributed by atoms with Crippen LogP contribution in [0.3, 0.4) is 0 Å². The minimum Gasteiger partial charge on any atom is -0.493 e. The Bertz CT molecular complexity index is 1130. The molecule has 1 aliphatic rings. The Morgan fingerprint density at radius 3 is 2.37 bits per heavy atom. The van der Waals surface area contributed by atoms with E-state index in [-0.39, 0.29) is 9.90 Å². The van der Waals surface area contributed by atoms with Gasteiger partial charge in [-0.3, -0.25) is 4.72 Å². The molecule has 0 saturated heterocycles. The van der Waals surface area contributed by atoms with Crippen LogP contribution in [0.4, 0.5) is 5.69 Å². The Morgan fingerprint density at radius 1 is 1.10 bits per heavy atom. The summed E-state index contributed by atoms with van der Waals surface area (Å²) < 4.78 is 49.6. The van der Waals surface area contributed by atoms with E-state index >= 15 is 0 Å². The number of rotatable bonds is 8. The summed E-state index contributed by atoms with van der Waals surface area (Å²) in [5.74, 6) is 2.38. The van der Waals surface area contributed by atoms with E-state index in [9.17, 15) is 8.42 Å². The molecule has 160 valence electrons. The highest BCUT2D eigenvalue weighted by Gasteiger charge is 2.26. The third kappa shape index (κ3) is 3.82. The molecule has 1 aliphatic carbocycles. The van der Waals surface area contributed by atoms with Gasteiger partial charge in [-0.05, 0) is 18.9 Å².